The van der Waals surface area contributed by atoms with Crippen LogP contribution in [0.3, 0.4) is 0 Å². The van der Waals surface area contributed by atoms with Crippen LogP contribution in [0.5, 0.6) is 0 Å². The molecule has 1 rings (SSSR count). The first-order valence-electron chi connectivity index (χ1n) is 7.54. The molecule has 0 amide bonds. The largest absolute Gasteiger partial charge is 0.465 e. The zero-order chi connectivity index (χ0) is 14.5. The van der Waals surface area contributed by atoms with Gasteiger partial charge in [-0.2, -0.15) is 0 Å². The molecule has 1 N–H and O–H groups in total. The summed E-state index contributed by atoms with van der Waals surface area (Å²) < 4.78 is 5.22. The van der Waals surface area contributed by atoms with E-state index >= 15 is 0 Å². The van der Waals surface area contributed by atoms with E-state index in [0.717, 1.165) is 32.0 Å². The van der Waals surface area contributed by atoms with Gasteiger partial charge in [0, 0.05) is 19.1 Å². The molecule has 112 valence electrons. The van der Waals surface area contributed by atoms with Crippen LogP contribution in [-0.4, -0.2) is 48.7 Å². The van der Waals surface area contributed by atoms with Gasteiger partial charge < -0.3 is 9.64 Å². The van der Waals surface area contributed by atoms with Crippen molar-refractivity contribution in [3.05, 3.63) is 0 Å². The van der Waals surface area contributed by atoms with E-state index in [0.29, 0.717) is 6.61 Å². The monoisotopic (exact) mass is 270 g/mol. The van der Waals surface area contributed by atoms with Gasteiger partial charge >= 0.3 is 5.97 Å². The third-order valence-corrected chi connectivity index (χ3v) is 3.77. The van der Waals surface area contributed by atoms with Crippen LogP contribution in [0.25, 0.3) is 0 Å². The Kier molecular flexibility index (Phi) is 6.27. The topological polar surface area (TPSA) is 41.6 Å². The van der Waals surface area contributed by atoms with Crippen molar-refractivity contribution in [1.82, 2.24) is 10.2 Å². The van der Waals surface area contributed by atoms with E-state index in [2.05, 4.69) is 31.0 Å². The maximum atomic E-state index is 12.2. The summed E-state index contributed by atoms with van der Waals surface area (Å²) in [6.07, 6.45) is 2.07. The lowest BCUT2D eigenvalue weighted by Crippen LogP contribution is -2.54. The smallest absolute Gasteiger partial charge is 0.326 e. The lowest BCUT2D eigenvalue weighted by atomic mass is 9.96. The molecule has 1 aliphatic rings. The molecule has 4 nitrogen and oxygen atoms in total. The van der Waals surface area contributed by atoms with Crippen LogP contribution in [0.2, 0.25) is 0 Å². The third-order valence-electron chi connectivity index (χ3n) is 3.77. The standard InChI is InChI=1S/C15H30N2O2/c1-6-19-14(18)15(5,16-12(2)3)8-10-17-9-7-13(4)11-17/h12-13,16H,6-11H2,1-5H3. The fourth-order valence-electron chi connectivity index (χ4n) is 2.77. The quantitative estimate of drug-likeness (QED) is 0.719. The summed E-state index contributed by atoms with van der Waals surface area (Å²) >= 11 is 0. The summed E-state index contributed by atoms with van der Waals surface area (Å²) in [6.45, 7) is 13.9. The number of rotatable bonds is 7. The summed E-state index contributed by atoms with van der Waals surface area (Å²) in [5.74, 6) is 0.655. The Labute approximate surface area is 117 Å². The van der Waals surface area contributed by atoms with E-state index in [1.54, 1.807) is 0 Å². The van der Waals surface area contributed by atoms with E-state index < -0.39 is 5.54 Å². The predicted octanol–water partition coefficient (Wildman–Crippen LogP) is 2.04. The van der Waals surface area contributed by atoms with Gasteiger partial charge in [-0.05, 0) is 53.0 Å². The predicted molar refractivity (Wildman–Crippen MR) is 78.1 cm³/mol. The number of hydrogen-bond donors (Lipinski definition) is 1. The molecule has 19 heavy (non-hydrogen) atoms. The maximum Gasteiger partial charge on any atom is 0.326 e. The molecule has 1 heterocycles. The Balaban J connectivity index is 2.55. The number of nitrogens with one attached hydrogen (secondary N) is 1. The summed E-state index contributed by atoms with van der Waals surface area (Å²) in [6, 6.07) is 0.270. The highest BCUT2D eigenvalue weighted by Gasteiger charge is 2.35. The SMILES string of the molecule is CCOC(=O)C(C)(CCN1CCC(C)C1)NC(C)C. The van der Waals surface area contributed by atoms with Crippen molar-refractivity contribution in [2.45, 2.75) is 59.0 Å². The first-order valence-corrected chi connectivity index (χ1v) is 7.54. The molecule has 0 bridgehead atoms. The van der Waals surface area contributed by atoms with Gasteiger partial charge in [-0.3, -0.25) is 10.1 Å². The van der Waals surface area contributed by atoms with Crippen molar-refractivity contribution in [2.75, 3.05) is 26.2 Å². The second kappa shape index (κ2) is 7.25. The minimum absolute atomic E-state index is 0.129. The van der Waals surface area contributed by atoms with Crippen molar-refractivity contribution in [3.8, 4) is 0 Å². The molecule has 0 aliphatic carbocycles. The number of carbonyl (C=O) groups is 1. The van der Waals surface area contributed by atoms with Crippen molar-refractivity contribution in [3.63, 3.8) is 0 Å². The van der Waals surface area contributed by atoms with E-state index in [9.17, 15) is 4.79 Å². The Bertz CT molecular complexity index is 294. The zero-order valence-electron chi connectivity index (χ0n) is 13.2. The summed E-state index contributed by atoms with van der Waals surface area (Å²) in [7, 11) is 0. The Hall–Kier alpha value is -0.610. The van der Waals surface area contributed by atoms with E-state index in [4.69, 9.17) is 4.74 Å². The molecule has 1 fully saturated rings. The minimum atomic E-state index is -0.573. The van der Waals surface area contributed by atoms with Gasteiger partial charge in [-0.25, -0.2) is 0 Å². The van der Waals surface area contributed by atoms with Crippen molar-refractivity contribution in [1.29, 1.82) is 0 Å². The number of hydrogen-bond acceptors (Lipinski definition) is 4. The summed E-state index contributed by atoms with van der Waals surface area (Å²) in [4.78, 5) is 14.6. The fourth-order valence-corrected chi connectivity index (χ4v) is 2.77. The van der Waals surface area contributed by atoms with Gasteiger partial charge in [-0.1, -0.05) is 6.92 Å². The molecular formula is C15H30N2O2. The molecule has 0 aromatic heterocycles. The number of esters is 1. The third kappa shape index (κ3) is 5.11. The van der Waals surface area contributed by atoms with E-state index in [-0.39, 0.29) is 12.0 Å². The summed E-state index contributed by atoms with van der Waals surface area (Å²) in [5.41, 5.74) is -0.573. The lowest BCUT2D eigenvalue weighted by molar-refractivity contribution is -0.151. The van der Waals surface area contributed by atoms with Gasteiger partial charge in [0.05, 0.1) is 6.61 Å². The Morgan fingerprint density at radius 3 is 2.68 bits per heavy atom. The van der Waals surface area contributed by atoms with Gasteiger partial charge in [0.15, 0.2) is 0 Å². The van der Waals surface area contributed by atoms with Crippen LogP contribution in [0.1, 0.15) is 47.5 Å². The van der Waals surface area contributed by atoms with Crippen LogP contribution >= 0.6 is 0 Å². The van der Waals surface area contributed by atoms with E-state index in [1.807, 2.05) is 13.8 Å². The average Bonchev–Trinajstić information content (AvgIpc) is 2.72. The highest BCUT2D eigenvalue weighted by molar-refractivity contribution is 5.80. The van der Waals surface area contributed by atoms with Crippen molar-refractivity contribution in [2.24, 2.45) is 5.92 Å². The van der Waals surface area contributed by atoms with Crippen LogP contribution < -0.4 is 5.32 Å². The average molecular weight is 270 g/mol. The fraction of sp³-hybridized carbons (Fsp3) is 0.933. The molecular weight excluding hydrogens is 240 g/mol. The number of carbonyl (C=O) groups excluding carboxylic acids is 1. The molecule has 0 spiro atoms. The van der Waals surface area contributed by atoms with Gasteiger partial charge in [-0.15, -0.1) is 0 Å². The highest BCUT2D eigenvalue weighted by Crippen LogP contribution is 2.19. The van der Waals surface area contributed by atoms with E-state index in [1.165, 1.54) is 6.42 Å². The lowest BCUT2D eigenvalue weighted by Gasteiger charge is -2.32. The van der Waals surface area contributed by atoms with Crippen molar-refractivity contribution < 1.29 is 9.53 Å². The number of ether oxygens (including phenoxy) is 1. The number of nitrogens with zero attached hydrogens (tertiary/aromatic N) is 1. The molecule has 0 aromatic rings. The minimum Gasteiger partial charge on any atom is -0.465 e. The Morgan fingerprint density at radius 2 is 2.21 bits per heavy atom. The Morgan fingerprint density at radius 1 is 1.53 bits per heavy atom. The summed E-state index contributed by atoms with van der Waals surface area (Å²) in [5, 5.41) is 3.37. The molecule has 2 atom stereocenters. The molecule has 0 aromatic carbocycles. The first kappa shape index (κ1) is 16.4. The van der Waals surface area contributed by atoms with Gasteiger partial charge in [0.25, 0.3) is 0 Å². The molecule has 0 radical (unpaired) electrons. The molecule has 2 unspecified atom stereocenters. The molecule has 0 saturated carbocycles. The van der Waals surface area contributed by atoms with Gasteiger partial charge in [0.1, 0.15) is 5.54 Å². The van der Waals surface area contributed by atoms with Crippen molar-refractivity contribution >= 4 is 5.97 Å². The van der Waals surface area contributed by atoms with Crippen LogP contribution in [0.15, 0.2) is 0 Å². The first-order chi connectivity index (χ1) is 8.87. The van der Waals surface area contributed by atoms with Crippen LogP contribution in [0, 0.1) is 5.92 Å². The molecule has 1 aliphatic heterocycles. The second-order valence-electron chi connectivity index (χ2n) is 6.30. The maximum absolute atomic E-state index is 12.2. The normalized spacial score (nSPS) is 23.6. The molecule has 1 saturated heterocycles. The van der Waals surface area contributed by atoms with Crippen LogP contribution in [-0.2, 0) is 9.53 Å². The molecule has 4 heteroatoms. The number of likely N-dealkylation sites (tertiary alicyclic amines) is 1. The highest BCUT2D eigenvalue weighted by atomic mass is 16.5. The second-order valence-corrected chi connectivity index (χ2v) is 6.30. The van der Waals surface area contributed by atoms with Gasteiger partial charge in [0.2, 0.25) is 0 Å². The van der Waals surface area contributed by atoms with Crippen LogP contribution in [0.4, 0.5) is 0 Å². The zero-order valence-corrected chi connectivity index (χ0v) is 13.2.